The summed E-state index contributed by atoms with van der Waals surface area (Å²) in [6, 6.07) is 5.14. The van der Waals surface area contributed by atoms with Gasteiger partial charge in [-0.25, -0.2) is 4.79 Å². The lowest BCUT2D eigenvalue weighted by molar-refractivity contribution is -0.112. The van der Waals surface area contributed by atoms with E-state index in [1.807, 2.05) is 13.0 Å². The Morgan fingerprint density at radius 3 is 2.23 bits per heavy atom. The van der Waals surface area contributed by atoms with Crippen molar-refractivity contribution in [1.82, 2.24) is 0 Å². The van der Waals surface area contributed by atoms with E-state index in [1.54, 1.807) is 26.0 Å². The van der Waals surface area contributed by atoms with Crippen LogP contribution in [0.4, 0.5) is 5.00 Å². The Hall–Kier alpha value is -3.51. The van der Waals surface area contributed by atoms with Crippen LogP contribution < -0.4 is 19.5 Å². The number of rotatable bonds is 8. The Morgan fingerprint density at radius 1 is 1.13 bits per heavy atom. The molecule has 1 aromatic carbocycles. The highest BCUT2D eigenvalue weighted by atomic mass is 32.1. The number of esters is 1. The fraction of sp³-hybridized carbons (Fsp3) is 0.318. The van der Waals surface area contributed by atoms with Gasteiger partial charge in [0, 0.05) is 4.88 Å². The number of anilines is 1. The number of hydrogen-bond acceptors (Lipinski definition) is 8. The molecule has 1 N–H and O–H groups in total. The highest BCUT2D eigenvalue weighted by Crippen LogP contribution is 2.39. The number of methoxy groups -OCH3 is 3. The van der Waals surface area contributed by atoms with Crippen LogP contribution in [0.2, 0.25) is 0 Å². The Balaban J connectivity index is 2.42. The van der Waals surface area contributed by atoms with Crippen molar-refractivity contribution < 1.29 is 28.5 Å². The summed E-state index contributed by atoms with van der Waals surface area (Å²) in [5.41, 5.74) is 1.37. The van der Waals surface area contributed by atoms with Gasteiger partial charge in [-0.2, -0.15) is 5.26 Å². The predicted octanol–water partition coefficient (Wildman–Crippen LogP) is 4.11. The van der Waals surface area contributed by atoms with Gasteiger partial charge in [-0.3, -0.25) is 4.79 Å². The maximum atomic E-state index is 12.8. The molecule has 0 saturated carbocycles. The first-order chi connectivity index (χ1) is 14.8. The molecule has 0 fully saturated rings. The molecular formula is C22H24N2O6S. The third-order valence-electron chi connectivity index (χ3n) is 4.46. The van der Waals surface area contributed by atoms with Crippen LogP contribution in [-0.2, 0) is 9.53 Å². The largest absolute Gasteiger partial charge is 0.493 e. The summed E-state index contributed by atoms with van der Waals surface area (Å²) in [7, 11) is 4.43. The second-order valence-electron chi connectivity index (χ2n) is 6.29. The average molecular weight is 445 g/mol. The minimum Gasteiger partial charge on any atom is -0.493 e. The molecule has 8 nitrogen and oxygen atoms in total. The van der Waals surface area contributed by atoms with Gasteiger partial charge in [0.2, 0.25) is 5.75 Å². The molecule has 0 radical (unpaired) electrons. The minimum absolute atomic E-state index is 0.159. The van der Waals surface area contributed by atoms with Crippen LogP contribution >= 0.6 is 11.3 Å². The Kier molecular flexibility index (Phi) is 8.05. The molecule has 0 bridgehead atoms. The molecule has 0 aliphatic carbocycles. The summed E-state index contributed by atoms with van der Waals surface area (Å²) in [6.45, 7) is 5.55. The maximum Gasteiger partial charge on any atom is 0.341 e. The first kappa shape index (κ1) is 23.8. The third kappa shape index (κ3) is 5.16. The molecule has 164 valence electrons. The fourth-order valence-electron chi connectivity index (χ4n) is 2.83. The van der Waals surface area contributed by atoms with Gasteiger partial charge in [0.25, 0.3) is 5.91 Å². The van der Waals surface area contributed by atoms with Crippen LogP contribution in [-0.4, -0.2) is 39.8 Å². The van der Waals surface area contributed by atoms with Crippen LogP contribution in [0, 0.1) is 25.2 Å². The summed E-state index contributed by atoms with van der Waals surface area (Å²) in [5, 5.41) is 12.6. The number of aryl methyl sites for hydroxylation is 1. The topological polar surface area (TPSA) is 107 Å². The third-order valence-corrected chi connectivity index (χ3v) is 5.58. The van der Waals surface area contributed by atoms with E-state index in [0.717, 1.165) is 10.4 Å². The van der Waals surface area contributed by atoms with Crippen molar-refractivity contribution in [3.05, 3.63) is 39.3 Å². The highest BCUT2D eigenvalue weighted by molar-refractivity contribution is 7.16. The molecule has 2 aromatic rings. The molecule has 0 saturated heterocycles. The minimum atomic E-state index is -0.650. The summed E-state index contributed by atoms with van der Waals surface area (Å²) < 4.78 is 21.0. The first-order valence-electron chi connectivity index (χ1n) is 9.31. The smallest absolute Gasteiger partial charge is 0.341 e. The zero-order valence-corrected chi connectivity index (χ0v) is 19.1. The first-order valence-corrected chi connectivity index (χ1v) is 10.1. The molecule has 0 aliphatic rings. The van der Waals surface area contributed by atoms with Crippen LogP contribution in [0.3, 0.4) is 0 Å². The Labute approximate surface area is 185 Å². The molecule has 2 rings (SSSR count). The quantitative estimate of drug-likeness (QED) is 0.371. The lowest BCUT2D eigenvalue weighted by Gasteiger charge is -2.13. The molecule has 1 heterocycles. The summed E-state index contributed by atoms with van der Waals surface area (Å²) in [4.78, 5) is 26.0. The number of carbonyl (C=O) groups excluding carboxylic acids is 2. The van der Waals surface area contributed by atoms with Gasteiger partial charge >= 0.3 is 5.97 Å². The summed E-state index contributed by atoms with van der Waals surface area (Å²) in [5.74, 6) is 0.00309. The van der Waals surface area contributed by atoms with E-state index in [2.05, 4.69) is 5.32 Å². The zero-order chi connectivity index (χ0) is 23.1. The van der Waals surface area contributed by atoms with Gasteiger partial charge < -0.3 is 24.3 Å². The van der Waals surface area contributed by atoms with Crippen LogP contribution in [0.15, 0.2) is 17.7 Å². The number of thiophene rings is 1. The van der Waals surface area contributed by atoms with Crippen molar-refractivity contribution in [2.75, 3.05) is 33.3 Å². The van der Waals surface area contributed by atoms with Gasteiger partial charge in [0.05, 0.1) is 33.5 Å². The van der Waals surface area contributed by atoms with E-state index in [9.17, 15) is 14.9 Å². The molecule has 1 aromatic heterocycles. The number of amides is 1. The maximum absolute atomic E-state index is 12.8. The average Bonchev–Trinajstić information content (AvgIpc) is 3.03. The Bertz CT molecular complexity index is 1040. The molecule has 0 unspecified atom stereocenters. The number of nitriles is 1. The van der Waals surface area contributed by atoms with Gasteiger partial charge in [-0.05, 0) is 50.1 Å². The number of benzene rings is 1. The van der Waals surface area contributed by atoms with E-state index in [4.69, 9.17) is 18.9 Å². The molecular weight excluding hydrogens is 420 g/mol. The van der Waals surface area contributed by atoms with E-state index in [1.165, 1.54) is 38.7 Å². The van der Waals surface area contributed by atoms with Crippen molar-refractivity contribution in [2.45, 2.75) is 20.8 Å². The van der Waals surface area contributed by atoms with Crippen molar-refractivity contribution in [2.24, 2.45) is 0 Å². The second-order valence-corrected chi connectivity index (χ2v) is 7.52. The molecule has 31 heavy (non-hydrogen) atoms. The number of nitrogens with one attached hydrogen (secondary N) is 1. The summed E-state index contributed by atoms with van der Waals surface area (Å²) >= 11 is 1.25. The van der Waals surface area contributed by atoms with E-state index < -0.39 is 11.9 Å². The molecule has 9 heteroatoms. The number of hydrogen-bond donors (Lipinski definition) is 1. The van der Waals surface area contributed by atoms with Crippen molar-refractivity contribution in [3.8, 4) is 23.3 Å². The SMILES string of the molecule is CCOC(=O)c1c(NC(=O)/C(C#N)=C/c2cc(OC)c(OC)c(OC)c2)sc(C)c1C. The van der Waals surface area contributed by atoms with E-state index in [-0.39, 0.29) is 12.2 Å². The highest BCUT2D eigenvalue weighted by Gasteiger charge is 2.23. The number of ether oxygens (including phenoxy) is 4. The second kappa shape index (κ2) is 10.5. The van der Waals surface area contributed by atoms with E-state index in [0.29, 0.717) is 33.4 Å². The summed E-state index contributed by atoms with van der Waals surface area (Å²) in [6.07, 6.45) is 1.40. The molecule has 1 amide bonds. The molecule has 0 spiro atoms. The van der Waals surface area contributed by atoms with Gasteiger partial charge in [0.15, 0.2) is 11.5 Å². The fourth-order valence-corrected chi connectivity index (χ4v) is 3.88. The monoisotopic (exact) mass is 444 g/mol. The van der Waals surface area contributed by atoms with Crippen molar-refractivity contribution in [3.63, 3.8) is 0 Å². The Morgan fingerprint density at radius 2 is 1.74 bits per heavy atom. The lowest BCUT2D eigenvalue weighted by atomic mass is 10.1. The van der Waals surface area contributed by atoms with Gasteiger partial charge in [0.1, 0.15) is 16.6 Å². The lowest BCUT2D eigenvalue weighted by Crippen LogP contribution is -2.16. The zero-order valence-electron chi connectivity index (χ0n) is 18.2. The van der Waals surface area contributed by atoms with Gasteiger partial charge in [-0.1, -0.05) is 0 Å². The van der Waals surface area contributed by atoms with E-state index >= 15 is 0 Å². The molecule has 0 aliphatic heterocycles. The van der Waals surface area contributed by atoms with Crippen molar-refractivity contribution in [1.29, 1.82) is 5.26 Å². The molecule has 0 atom stereocenters. The van der Waals surface area contributed by atoms with Crippen LogP contribution in [0.5, 0.6) is 17.2 Å². The number of nitrogens with zero attached hydrogens (tertiary/aromatic N) is 1. The number of carbonyl (C=O) groups is 2. The van der Waals surface area contributed by atoms with Crippen molar-refractivity contribution >= 4 is 34.3 Å². The van der Waals surface area contributed by atoms with Crippen LogP contribution in [0.25, 0.3) is 6.08 Å². The predicted molar refractivity (Wildman–Crippen MR) is 118 cm³/mol. The van der Waals surface area contributed by atoms with Gasteiger partial charge in [-0.15, -0.1) is 11.3 Å². The van der Waals surface area contributed by atoms with Crippen LogP contribution in [0.1, 0.15) is 33.3 Å². The standard InChI is InChI=1S/C22H24N2O6S/c1-7-30-22(26)18-12(2)13(3)31-21(18)24-20(25)15(11-23)8-14-9-16(27-4)19(29-6)17(10-14)28-5/h8-10H,7H2,1-6H3,(H,24,25)/b15-8+. The normalized spacial score (nSPS) is 10.8.